The van der Waals surface area contributed by atoms with Gasteiger partial charge in [0.25, 0.3) is 0 Å². The smallest absolute Gasteiger partial charge is 0.403 e. The van der Waals surface area contributed by atoms with Crippen molar-refractivity contribution in [2.24, 2.45) is 0 Å². The van der Waals surface area contributed by atoms with Gasteiger partial charge >= 0.3 is 7.12 Å². The predicted molar refractivity (Wildman–Crippen MR) is 105 cm³/mol. The highest BCUT2D eigenvalue weighted by molar-refractivity contribution is 6.47. The SMILES string of the molecule is C[C@@H](B1OC(C)(C)C(C)(C)O1)[C@H](c1ccccc1)c1ccc(Cl)cc1. The summed E-state index contributed by atoms with van der Waals surface area (Å²) in [5.74, 6) is 0.331. The van der Waals surface area contributed by atoms with E-state index in [1.807, 2.05) is 18.2 Å². The Kier molecular flexibility index (Phi) is 5.03. The Hall–Kier alpha value is -1.29. The van der Waals surface area contributed by atoms with E-state index in [-0.39, 0.29) is 30.1 Å². The van der Waals surface area contributed by atoms with Crippen molar-refractivity contribution in [3.8, 4) is 0 Å². The highest BCUT2D eigenvalue weighted by Gasteiger charge is 2.54. The van der Waals surface area contributed by atoms with E-state index >= 15 is 0 Å². The first-order chi connectivity index (χ1) is 11.7. The summed E-state index contributed by atoms with van der Waals surface area (Å²) in [5.41, 5.74) is 1.82. The van der Waals surface area contributed by atoms with Gasteiger partial charge in [-0.05, 0) is 51.0 Å². The molecular formula is C21H26BClO2. The van der Waals surface area contributed by atoms with Crippen molar-refractivity contribution in [1.29, 1.82) is 0 Å². The van der Waals surface area contributed by atoms with Gasteiger partial charge in [-0.15, -0.1) is 0 Å². The Bertz CT molecular complexity index is 696. The fraction of sp³-hybridized carbons (Fsp3) is 0.429. The monoisotopic (exact) mass is 356 g/mol. The quantitative estimate of drug-likeness (QED) is 0.630. The highest BCUT2D eigenvalue weighted by atomic mass is 35.5. The number of benzene rings is 2. The van der Waals surface area contributed by atoms with Crippen LogP contribution in [0.2, 0.25) is 10.8 Å². The summed E-state index contributed by atoms with van der Waals surface area (Å²) >= 11 is 6.09. The molecule has 2 aromatic rings. The minimum absolute atomic E-state index is 0.157. The normalized spacial score (nSPS) is 21.1. The number of rotatable bonds is 4. The van der Waals surface area contributed by atoms with Gasteiger partial charge in [0.15, 0.2) is 0 Å². The van der Waals surface area contributed by atoms with Crippen LogP contribution in [-0.4, -0.2) is 18.3 Å². The van der Waals surface area contributed by atoms with E-state index in [1.54, 1.807) is 0 Å². The molecule has 25 heavy (non-hydrogen) atoms. The molecule has 2 atom stereocenters. The zero-order valence-electron chi connectivity index (χ0n) is 15.6. The maximum atomic E-state index is 6.33. The van der Waals surface area contributed by atoms with Crippen molar-refractivity contribution in [3.63, 3.8) is 0 Å². The minimum atomic E-state index is -0.326. The molecule has 0 aromatic heterocycles. The third kappa shape index (κ3) is 3.64. The van der Waals surface area contributed by atoms with Crippen LogP contribution < -0.4 is 0 Å². The van der Waals surface area contributed by atoms with Gasteiger partial charge < -0.3 is 9.31 Å². The molecule has 1 fully saturated rings. The fourth-order valence-electron chi connectivity index (χ4n) is 3.39. The Morgan fingerprint density at radius 1 is 0.800 bits per heavy atom. The van der Waals surface area contributed by atoms with Crippen molar-refractivity contribution in [2.75, 3.05) is 0 Å². The number of halogens is 1. The molecule has 2 aromatic carbocycles. The van der Waals surface area contributed by atoms with Crippen LogP contribution in [0.4, 0.5) is 0 Å². The van der Waals surface area contributed by atoms with Gasteiger partial charge in [-0.25, -0.2) is 0 Å². The molecule has 0 radical (unpaired) electrons. The van der Waals surface area contributed by atoms with E-state index in [2.05, 4.69) is 71.0 Å². The van der Waals surface area contributed by atoms with Gasteiger partial charge in [0.05, 0.1) is 11.2 Å². The van der Waals surface area contributed by atoms with Crippen LogP contribution in [0.1, 0.15) is 51.7 Å². The lowest BCUT2D eigenvalue weighted by Gasteiger charge is -2.32. The van der Waals surface area contributed by atoms with Crippen LogP contribution in [0.3, 0.4) is 0 Å². The minimum Gasteiger partial charge on any atom is -0.403 e. The summed E-state index contributed by atoms with van der Waals surface area (Å²) < 4.78 is 12.7. The van der Waals surface area contributed by atoms with Gasteiger partial charge in [-0.1, -0.05) is 61.0 Å². The molecule has 1 heterocycles. The molecule has 0 amide bonds. The Morgan fingerprint density at radius 2 is 1.28 bits per heavy atom. The third-order valence-corrected chi connectivity index (χ3v) is 5.87. The first-order valence-corrected chi connectivity index (χ1v) is 9.25. The molecule has 0 spiro atoms. The molecule has 1 aliphatic heterocycles. The summed E-state index contributed by atoms with van der Waals surface area (Å²) in [6, 6.07) is 18.6. The lowest BCUT2D eigenvalue weighted by Crippen LogP contribution is -2.41. The van der Waals surface area contributed by atoms with E-state index in [0.717, 1.165) is 5.02 Å². The lowest BCUT2D eigenvalue weighted by molar-refractivity contribution is 0.00578. The van der Waals surface area contributed by atoms with Crippen molar-refractivity contribution < 1.29 is 9.31 Å². The lowest BCUT2D eigenvalue weighted by atomic mass is 9.62. The predicted octanol–water partition coefficient (Wildman–Crippen LogP) is 5.95. The second kappa shape index (κ2) is 6.79. The molecule has 3 rings (SSSR count). The van der Waals surface area contributed by atoms with Crippen molar-refractivity contribution in [1.82, 2.24) is 0 Å². The highest BCUT2D eigenvalue weighted by Crippen LogP contribution is 2.45. The second-order valence-corrected chi connectivity index (χ2v) is 8.36. The van der Waals surface area contributed by atoms with E-state index in [4.69, 9.17) is 20.9 Å². The Morgan fingerprint density at radius 3 is 1.80 bits per heavy atom. The van der Waals surface area contributed by atoms with Crippen LogP contribution >= 0.6 is 11.6 Å². The number of hydrogen-bond acceptors (Lipinski definition) is 2. The van der Waals surface area contributed by atoms with E-state index in [9.17, 15) is 0 Å². The van der Waals surface area contributed by atoms with Crippen LogP contribution in [0.15, 0.2) is 54.6 Å². The molecule has 1 saturated heterocycles. The van der Waals surface area contributed by atoms with Gasteiger partial charge in [-0.2, -0.15) is 0 Å². The second-order valence-electron chi connectivity index (χ2n) is 7.92. The summed E-state index contributed by atoms with van der Waals surface area (Å²) in [5, 5.41) is 0.749. The summed E-state index contributed by atoms with van der Waals surface area (Å²) in [7, 11) is -0.258. The molecule has 2 nitrogen and oxygen atoms in total. The molecule has 0 saturated carbocycles. The molecule has 0 unspecified atom stereocenters. The average molecular weight is 357 g/mol. The topological polar surface area (TPSA) is 18.5 Å². The van der Waals surface area contributed by atoms with Gasteiger partial charge in [0.1, 0.15) is 0 Å². The summed E-state index contributed by atoms with van der Waals surface area (Å²) in [4.78, 5) is 0. The average Bonchev–Trinajstić information content (AvgIpc) is 2.78. The fourth-order valence-corrected chi connectivity index (χ4v) is 3.52. The Labute approximate surface area is 156 Å². The maximum Gasteiger partial charge on any atom is 0.461 e. The number of hydrogen-bond donors (Lipinski definition) is 0. The zero-order valence-corrected chi connectivity index (χ0v) is 16.4. The molecule has 132 valence electrons. The van der Waals surface area contributed by atoms with Crippen molar-refractivity contribution >= 4 is 18.7 Å². The largest absolute Gasteiger partial charge is 0.461 e. The van der Waals surface area contributed by atoms with Crippen LogP contribution in [0.5, 0.6) is 0 Å². The first kappa shape index (κ1) is 18.5. The van der Waals surface area contributed by atoms with Gasteiger partial charge in [-0.3, -0.25) is 0 Å². The van der Waals surface area contributed by atoms with E-state index in [0.29, 0.717) is 0 Å². The van der Waals surface area contributed by atoms with Crippen molar-refractivity contribution in [2.45, 2.75) is 57.6 Å². The van der Waals surface area contributed by atoms with Crippen LogP contribution in [-0.2, 0) is 9.31 Å². The van der Waals surface area contributed by atoms with Crippen LogP contribution in [0, 0.1) is 0 Å². The maximum absolute atomic E-state index is 6.33. The van der Waals surface area contributed by atoms with Gasteiger partial charge in [0.2, 0.25) is 0 Å². The van der Waals surface area contributed by atoms with E-state index < -0.39 is 0 Å². The molecule has 1 aliphatic rings. The molecule has 4 heteroatoms. The third-order valence-electron chi connectivity index (χ3n) is 5.61. The van der Waals surface area contributed by atoms with Gasteiger partial charge in [0, 0.05) is 16.8 Å². The molecule has 0 bridgehead atoms. The summed E-state index contributed by atoms with van der Waals surface area (Å²) in [6.07, 6.45) is 0. The zero-order chi connectivity index (χ0) is 18.2. The summed E-state index contributed by atoms with van der Waals surface area (Å²) in [6.45, 7) is 10.6. The molecule has 0 N–H and O–H groups in total. The Balaban J connectivity index is 1.96. The standard InChI is InChI=1S/C21H26BClO2/c1-15(22-24-20(2,3)21(4,5)25-22)19(16-9-7-6-8-10-16)17-11-13-18(23)14-12-17/h6-15,19H,1-5H3/t15-,19-/m1/s1. The van der Waals surface area contributed by atoms with Crippen molar-refractivity contribution in [3.05, 3.63) is 70.7 Å². The van der Waals surface area contributed by atoms with E-state index in [1.165, 1.54) is 11.1 Å². The molecule has 0 aliphatic carbocycles. The van der Waals surface area contributed by atoms with Crippen LogP contribution in [0.25, 0.3) is 0 Å². The molecular weight excluding hydrogens is 330 g/mol. The first-order valence-electron chi connectivity index (χ1n) is 8.87.